The molecule has 0 aromatic carbocycles. The van der Waals surface area contributed by atoms with Gasteiger partial charge >= 0.3 is 0 Å². The van der Waals surface area contributed by atoms with Gasteiger partial charge in [0.05, 0.1) is 6.10 Å². The van der Waals surface area contributed by atoms with Gasteiger partial charge in [0.2, 0.25) is 0 Å². The Labute approximate surface area is 191 Å². The van der Waals surface area contributed by atoms with Crippen molar-refractivity contribution in [2.24, 2.45) is 52.3 Å². The molecule has 0 aromatic rings. The molecule has 3 fully saturated rings. The first-order valence-corrected chi connectivity index (χ1v) is 13.2. The maximum Gasteiger partial charge on any atom is 0.133 e. The van der Waals surface area contributed by atoms with Crippen LogP contribution in [0.5, 0.6) is 0 Å². The Morgan fingerprint density at radius 2 is 1.71 bits per heavy atom. The summed E-state index contributed by atoms with van der Waals surface area (Å²) in [5.41, 5.74) is 2.56. The van der Waals surface area contributed by atoms with E-state index in [0.29, 0.717) is 46.2 Å². The van der Waals surface area contributed by atoms with Crippen molar-refractivity contribution in [2.45, 2.75) is 99.0 Å². The molecule has 10 atom stereocenters. The van der Waals surface area contributed by atoms with E-state index in [4.69, 9.17) is 0 Å². The van der Waals surface area contributed by atoms with E-state index in [1.54, 1.807) is 5.57 Å². The van der Waals surface area contributed by atoms with E-state index >= 15 is 0 Å². The number of Topliss-reactive ketones (excluding diaryl/α,β-unsaturated/α-hetero) is 1. The van der Waals surface area contributed by atoms with Crippen LogP contribution in [0.2, 0.25) is 0 Å². The van der Waals surface area contributed by atoms with Crippen molar-refractivity contribution in [3.63, 3.8) is 0 Å². The Hall–Kier alpha value is -0.890. The van der Waals surface area contributed by atoms with Crippen LogP contribution in [0.1, 0.15) is 92.9 Å². The van der Waals surface area contributed by atoms with E-state index in [0.717, 1.165) is 37.5 Å². The first-order chi connectivity index (χ1) is 14.6. The normalized spacial score (nSPS) is 44.1. The van der Waals surface area contributed by atoms with E-state index in [1.165, 1.54) is 25.7 Å². The molecule has 0 amide bonds. The molecule has 4 rings (SSSR count). The van der Waals surface area contributed by atoms with Gasteiger partial charge in [-0.1, -0.05) is 58.4 Å². The molecule has 0 heterocycles. The van der Waals surface area contributed by atoms with Crippen LogP contribution in [0.15, 0.2) is 23.8 Å². The lowest BCUT2D eigenvalue weighted by Crippen LogP contribution is -2.49. The van der Waals surface area contributed by atoms with Gasteiger partial charge in [0.25, 0.3) is 0 Å². The van der Waals surface area contributed by atoms with Gasteiger partial charge in [0, 0.05) is 12.8 Å². The van der Waals surface area contributed by atoms with E-state index in [1.807, 2.05) is 6.92 Å². The summed E-state index contributed by atoms with van der Waals surface area (Å²) in [7, 11) is 0. The summed E-state index contributed by atoms with van der Waals surface area (Å²) in [6.45, 7) is 13.8. The summed E-state index contributed by atoms with van der Waals surface area (Å²) >= 11 is 0. The molecular weight excluding hydrogens is 380 g/mol. The minimum Gasteiger partial charge on any atom is -0.393 e. The van der Waals surface area contributed by atoms with E-state index in [2.05, 4.69) is 52.8 Å². The van der Waals surface area contributed by atoms with Gasteiger partial charge in [-0.15, -0.1) is 0 Å². The third-order valence-corrected chi connectivity index (χ3v) is 10.9. The zero-order chi connectivity index (χ0) is 22.6. The van der Waals surface area contributed by atoms with Crippen molar-refractivity contribution < 1.29 is 9.90 Å². The van der Waals surface area contributed by atoms with Crippen molar-refractivity contribution in [1.82, 2.24) is 0 Å². The van der Waals surface area contributed by atoms with Crippen molar-refractivity contribution in [3.8, 4) is 0 Å². The number of carbonyl (C=O) groups excluding carboxylic acids is 1. The molecule has 2 heteroatoms. The van der Waals surface area contributed by atoms with Crippen LogP contribution in [-0.4, -0.2) is 17.0 Å². The van der Waals surface area contributed by atoms with Crippen molar-refractivity contribution >= 4 is 5.78 Å². The zero-order valence-corrected chi connectivity index (χ0v) is 20.9. The van der Waals surface area contributed by atoms with E-state index in [-0.39, 0.29) is 6.10 Å². The topological polar surface area (TPSA) is 37.3 Å². The summed E-state index contributed by atoms with van der Waals surface area (Å²) in [5.74, 6) is 4.61. The van der Waals surface area contributed by atoms with Crippen LogP contribution in [0.3, 0.4) is 0 Å². The third kappa shape index (κ3) is 3.90. The molecule has 31 heavy (non-hydrogen) atoms. The minimum atomic E-state index is -0.253. The van der Waals surface area contributed by atoms with Crippen LogP contribution in [0, 0.1) is 52.3 Å². The number of carbonyl (C=O) groups is 1. The second-order valence-electron chi connectivity index (χ2n) is 12.4. The molecule has 4 aliphatic carbocycles. The second kappa shape index (κ2) is 8.47. The van der Waals surface area contributed by atoms with Gasteiger partial charge < -0.3 is 5.11 Å². The van der Waals surface area contributed by atoms with Crippen LogP contribution in [-0.2, 0) is 4.79 Å². The lowest BCUT2D eigenvalue weighted by molar-refractivity contribution is -0.127. The number of ketones is 1. The summed E-state index contributed by atoms with van der Waals surface area (Å²) in [6.07, 6.45) is 16.4. The van der Waals surface area contributed by atoms with Crippen LogP contribution < -0.4 is 0 Å². The highest BCUT2D eigenvalue weighted by molar-refractivity contribution is 5.79. The average molecular weight is 427 g/mol. The minimum absolute atomic E-state index is 0.253. The monoisotopic (exact) mass is 426 g/mol. The quantitative estimate of drug-likeness (QED) is 0.481. The lowest BCUT2D eigenvalue weighted by Gasteiger charge is -2.57. The Morgan fingerprint density at radius 3 is 2.42 bits per heavy atom. The zero-order valence-electron chi connectivity index (χ0n) is 20.9. The van der Waals surface area contributed by atoms with E-state index < -0.39 is 0 Å². The molecule has 2 nitrogen and oxygen atoms in total. The number of rotatable bonds is 5. The van der Waals surface area contributed by atoms with Gasteiger partial charge in [-0.25, -0.2) is 0 Å². The van der Waals surface area contributed by atoms with E-state index in [9.17, 15) is 9.90 Å². The molecule has 3 saturated carbocycles. The molecular formula is C29H46O2. The maximum absolute atomic E-state index is 12.1. The third-order valence-electron chi connectivity index (χ3n) is 10.9. The van der Waals surface area contributed by atoms with Gasteiger partial charge in [-0.3, -0.25) is 4.79 Å². The predicted octanol–water partition coefficient (Wildman–Crippen LogP) is 6.98. The molecule has 0 aromatic heterocycles. The first-order valence-electron chi connectivity index (χ1n) is 13.2. The highest BCUT2D eigenvalue weighted by atomic mass is 16.3. The summed E-state index contributed by atoms with van der Waals surface area (Å²) in [5, 5.41) is 9.93. The molecule has 0 aliphatic heterocycles. The summed E-state index contributed by atoms with van der Waals surface area (Å²) in [4.78, 5) is 12.1. The average Bonchev–Trinajstić information content (AvgIpc) is 3.09. The number of aliphatic hydroxyl groups excluding tert-OH is 1. The first kappa shape index (κ1) is 23.3. The molecule has 0 radical (unpaired) electrons. The van der Waals surface area contributed by atoms with Crippen molar-refractivity contribution in [1.29, 1.82) is 0 Å². The number of hydrogen-bond donors (Lipinski definition) is 1. The second-order valence-corrected chi connectivity index (χ2v) is 12.4. The van der Waals surface area contributed by atoms with Crippen LogP contribution in [0.25, 0.3) is 0 Å². The maximum atomic E-state index is 12.1. The fraction of sp³-hybridized carbons (Fsp3) is 0.828. The molecule has 174 valence electrons. The van der Waals surface area contributed by atoms with Crippen molar-refractivity contribution in [3.05, 3.63) is 23.8 Å². The number of fused-ring (bicyclic) bond motifs is 5. The van der Waals surface area contributed by atoms with Gasteiger partial charge in [-0.2, -0.15) is 0 Å². The van der Waals surface area contributed by atoms with Gasteiger partial charge in [0.15, 0.2) is 0 Å². The van der Waals surface area contributed by atoms with Gasteiger partial charge in [-0.05, 0) is 97.7 Å². The number of allylic oxidation sites excluding steroid dienone is 4. The Morgan fingerprint density at radius 1 is 1.00 bits per heavy atom. The Bertz CT molecular complexity index is 748. The number of aliphatic hydroxyl groups is 1. The Balaban J connectivity index is 1.51. The smallest absolute Gasteiger partial charge is 0.133 e. The van der Waals surface area contributed by atoms with Crippen LogP contribution >= 0.6 is 0 Å². The molecule has 1 N–H and O–H groups in total. The summed E-state index contributed by atoms with van der Waals surface area (Å²) in [6, 6.07) is 0. The molecule has 4 aliphatic rings. The van der Waals surface area contributed by atoms with Crippen LogP contribution in [0.4, 0.5) is 0 Å². The largest absolute Gasteiger partial charge is 0.393 e. The SMILES string of the molecule is CC(O)[C@@H](C)[C@@H](C)/C=C/[C@@H](C)C1CCC2C3=CCC4CC(=O)CC[C@]4(C)C3CC[C@@]21C. The molecule has 0 spiro atoms. The fourth-order valence-electron chi connectivity index (χ4n) is 8.31. The van der Waals surface area contributed by atoms with Crippen molar-refractivity contribution in [2.75, 3.05) is 0 Å². The highest BCUT2D eigenvalue weighted by Gasteiger charge is 2.58. The molecule has 0 saturated heterocycles. The summed E-state index contributed by atoms with van der Waals surface area (Å²) < 4.78 is 0. The lowest BCUT2D eigenvalue weighted by atomic mass is 9.48. The Kier molecular flexibility index (Phi) is 6.36. The molecule has 5 unspecified atom stereocenters. The molecule has 0 bridgehead atoms. The highest BCUT2D eigenvalue weighted by Crippen LogP contribution is 2.66. The fourth-order valence-corrected chi connectivity index (χ4v) is 8.31. The van der Waals surface area contributed by atoms with Gasteiger partial charge in [0.1, 0.15) is 5.78 Å². The standard InChI is InChI=1S/C29H46O2/c1-18(20(3)21(4)30)7-8-19(2)25-11-12-26-24-10-9-22-17-23(31)13-15-28(22,5)27(24)14-16-29(25,26)6/h7-8,10,18-22,25-27,30H,9,11-17H2,1-6H3/b8-7+/t18-,19+,20-,21?,22?,25?,26?,27?,28-,29+/m0/s1. The predicted molar refractivity (Wildman–Crippen MR) is 129 cm³/mol. The number of hydrogen-bond acceptors (Lipinski definition) is 2.